The molecule has 28 heavy (non-hydrogen) atoms. The molecule has 0 bridgehead atoms. The lowest BCUT2D eigenvalue weighted by Gasteiger charge is -2.17. The Bertz CT molecular complexity index is 919. The van der Waals surface area contributed by atoms with E-state index in [-0.39, 0.29) is 5.92 Å². The van der Waals surface area contributed by atoms with Gasteiger partial charge in [0.1, 0.15) is 18.5 Å². The number of aliphatic hydroxyl groups excluding tert-OH is 1. The molecule has 0 aliphatic heterocycles. The van der Waals surface area contributed by atoms with Crippen LogP contribution in [0.1, 0.15) is 54.2 Å². The summed E-state index contributed by atoms with van der Waals surface area (Å²) in [6.07, 6.45) is -0.881. The number of imidazole rings is 1. The lowest BCUT2D eigenvalue weighted by atomic mass is 10.0. The third-order valence-electron chi connectivity index (χ3n) is 4.61. The number of aromatic nitrogens is 2. The zero-order chi connectivity index (χ0) is 20.3. The largest absolute Gasteiger partial charge is 0.382 e. The standard InChI is InChI=1S/C22H24Cl2N2O2/c1-14(2)20-21(22(27)16-9-17(23)11-18(24)10-16)26(3)19(25-20)13-28-12-15-7-5-4-6-8-15/h4-11,14,22,27H,12-13H2,1-3H3. The van der Waals surface area contributed by atoms with Crippen LogP contribution < -0.4 is 0 Å². The molecule has 1 N–H and O–H groups in total. The predicted octanol–water partition coefficient (Wildman–Crippen LogP) is 5.65. The van der Waals surface area contributed by atoms with Gasteiger partial charge in [0.15, 0.2) is 0 Å². The van der Waals surface area contributed by atoms with Crippen LogP contribution in [0.15, 0.2) is 48.5 Å². The lowest BCUT2D eigenvalue weighted by molar-refractivity contribution is 0.0993. The van der Waals surface area contributed by atoms with Crippen molar-refractivity contribution in [1.82, 2.24) is 9.55 Å². The highest BCUT2D eigenvalue weighted by Gasteiger charge is 2.25. The Morgan fingerprint density at radius 1 is 1.04 bits per heavy atom. The summed E-state index contributed by atoms with van der Waals surface area (Å²) in [5.41, 5.74) is 3.31. The van der Waals surface area contributed by atoms with E-state index in [1.54, 1.807) is 18.2 Å². The number of hydrogen-bond donors (Lipinski definition) is 1. The Hall–Kier alpha value is -1.85. The first-order valence-electron chi connectivity index (χ1n) is 9.18. The molecule has 148 valence electrons. The van der Waals surface area contributed by atoms with Crippen LogP contribution in [0.25, 0.3) is 0 Å². The van der Waals surface area contributed by atoms with Crippen molar-refractivity contribution in [3.63, 3.8) is 0 Å². The fraction of sp³-hybridized carbons (Fsp3) is 0.318. The Morgan fingerprint density at radius 2 is 1.68 bits per heavy atom. The molecule has 2 aromatic carbocycles. The summed E-state index contributed by atoms with van der Waals surface area (Å²) in [5, 5.41) is 12.0. The number of ether oxygens (including phenoxy) is 1. The molecule has 0 fully saturated rings. The lowest BCUT2D eigenvalue weighted by Crippen LogP contribution is -2.11. The van der Waals surface area contributed by atoms with Crippen LogP contribution in [0.2, 0.25) is 10.0 Å². The minimum absolute atomic E-state index is 0.147. The maximum atomic E-state index is 11.0. The maximum Gasteiger partial charge on any atom is 0.135 e. The smallest absolute Gasteiger partial charge is 0.135 e. The summed E-state index contributed by atoms with van der Waals surface area (Å²) in [5.74, 6) is 0.912. The summed E-state index contributed by atoms with van der Waals surface area (Å²) in [6.45, 7) is 4.97. The van der Waals surface area contributed by atoms with Crippen molar-refractivity contribution in [2.24, 2.45) is 7.05 Å². The highest BCUT2D eigenvalue weighted by atomic mass is 35.5. The van der Waals surface area contributed by atoms with Crippen LogP contribution in [0.5, 0.6) is 0 Å². The molecule has 1 atom stereocenters. The Morgan fingerprint density at radius 3 is 2.29 bits per heavy atom. The molecule has 0 saturated carbocycles. The highest BCUT2D eigenvalue weighted by Crippen LogP contribution is 2.32. The third kappa shape index (κ3) is 4.76. The first-order chi connectivity index (χ1) is 13.4. The summed E-state index contributed by atoms with van der Waals surface area (Å²) in [6, 6.07) is 15.1. The van der Waals surface area contributed by atoms with Crippen molar-refractivity contribution in [3.8, 4) is 0 Å². The SMILES string of the molecule is CC(C)c1nc(COCc2ccccc2)n(C)c1C(O)c1cc(Cl)cc(Cl)c1. The molecule has 6 heteroatoms. The van der Waals surface area contributed by atoms with E-state index in [9.17, 15) is 5.11 Å². The minimum atomic E-state index is -0.881. The van der Waals surface area contributed by atoms with E-state index in [0.29, 0.717) is 28.8 Å². The molecule has 1 unspecified atom stereocenters. The van der Waals surface area contributed by atoms with Crippen LogP contribution in [0.3, 0.4) is 0 Å². The van der Waals surface area contributed by atoms with Gasteiger partial charge in [-0.05, 0) is 35.2 Å². The van der Waals surface area contributed by atoms with Crippen molar-refractivity contribution in [2.45, 2.75) is 39.1 Å². The van der Waals surface area contributed by atoms with E-state index in [1.165, 1.54) is 0 Å². The van der Waals surface area contributed by atoms with E-state index < -0.39 is 6.10 Å². The van der Waals surface area contributed by atoms with Crippen molar-refractivity contribution in [1.29, 1.82) is 0 Å². The second kappa shape index (κ2) is 9.10. The summed E-state index contributed by atoms with van der Waals surface area (Å²) < 4.78 is 7.75. The molecule has 0 radical (unpaired) electrons. The van der Waals surface area contributed by atoms with Gasteiger partial charge in [-0.3, -0.25) is 0 Å². The van der Waals surface area contributed by atoms with Gasteiger partial charge in [0, 0.05) is 17.1 Å². The molecule has 1 heterocycles. The monoisotopic (exact) mass is 418 g/mol. The first kappa shape index (κ1) is 20.9. The Kier molecular flexibility index (Phi) is 6.78. The second-order valence-electron chi connectivity index (χ2n) is 7.10. The van der Waals surface area contributed by atoms with E-state index in [1.807, 2.05) is 41.9 Å². The molecule has 0 saturated heterocycles. The van der Waals surface area contributed by atoms with E-state index in [2.05, 4.69) is 13.8 Å². The molecule has 0 aliphatic carbocycles. The molecule has 3 aromatic rings. The van der Waals surface area contributed by atoms with Crippen molar-refractivity contribution in [3.05, 3.63) is 86.9 Å². The van der Waals surface area contributed by atoms with Gasteiger partial charge in [-0.2, -0.15) is 0 Å². The number of halogens is 2. The fourth-order valence-corrected chi connectivity index (χ4v) is 3.73. The number of nitrogens with zero attached hydrogens (tertiary/aromatic N) is 2. The third-order valence-corrected chi connectivity index (χ3v) is 5.05. The molecular formula is C22H24Cl2N2O2. The molecular weight excluding hydrogens is 395 g/mol. The fourth-order valence-electron chi connectivity index (χ4n) is 3.18. The average molecular weight is 419 g/mol. The Labute approximate surface area is 175 Å². The van der Waals surface area contributed by atoms with Gasteiger partial charge in [0.25, 0.3) is 0 Å². The molecule has 0 amide bonds. The average Bonchev–Trinajstić information content (AvgIpc) is 2.98. The van der Waals surface area contributed by atoms with Crippen molar-refractivity contribution >= 4 is 23.2 Å². The quantitative estimate of drug-likeness (QED) is 0.539. The Balaban J connectivity index is 1.86. The zero-order valence-electron chi connectivity index (χ0n) is 16.2. The molecule has 0 aliphatic rings. The van der Waals surface area contributed by atoms with Gasteiger partial charge >= 0.3 is 0 Å². The molecule has 4 nitrogen and oxygen atoms in total. The van der Waals surface area contributed by atoms with Crippen molar-refractivity contribution < 1.29 is 9.84 Å². The van der Waals surface area contributed by atoms with Gasteiger partial charge < -0.3 is 14.4 Å². The van der Waals surface area contributed by atoms with E-state index in [4.69, 9.17) is 32.9 Å². The summed E-state index contributed by atoms with van der Waals surface area (Å²) in [7, 11) is 1.89. The number of hydrogen-bond acceptors (Lipinski definition) is 3. The normalized spacial score (nSPS) is 12.5. The summed E-state index contributed by atoms with van der Waals surface area (Å²) in [4.78, 5) is 4.74. The van der Waals surface area contributed by atoms with Gasteiger partial charge in [0.05, 0.1) is 18.0 Å². The van der Waals surface area contributed by atoms with E-state index in [0.717, 1.165) is 22.8 Å². The predicted molar refractivity (Wildman–Crippen MR) is 113 cm³/mol. The van der Waals surface area contributed by atoms with Crippen LogP contribution in [0.4, 0.5) is 0 Å². The van der Waals surface area contributed by atoms with Gasteiger partial charge in [0.2, 0.25) is 0 Å². The number of benzene rings is 2. The van der Waals surface area contributed by atoms with Crippen LogP contribution in [-0.2, 0) is 25.0 Å². The first-order valence-corrected chi connectivity index (χ1v) is 9.93. The van der Waals surface area contributed by atoms with Gasteiger partial charge in [-0.1, -0.05) is 67.4 Å². The maximum absolute atomic E-state index is 11.0. The zero-order valence-corrected chi connectivity index (χ0v) is 17.7. The number of aliphatic hydroxyl groups is 1. The highest BCUT2D eigenvalue weighted by molar-refractivity contribution is 6.34. The minimum Gasteiger partial charge on any atom is -0.382 e. The van der Waals surface area contributed by atoms with Crippen LogP contribution in [0, 0.1) is 0 Å². The summed E-state index contributed by atoms with van der Waals surface area (Å²) >= 11 is 12.2. The molecule has 0 spiro atoms. The van der Waals surface area contributed by atoms with Crippen LogP contribution >= 0.6 is 23.2 Å². The van der Waals surface area contributed by atoms with Gasteiger partial charge in [-0.25, -0.2) is 4.98 Å². The molecule has 3 rings (SSSR count). The topological polar surface area (TPSA) is 47.3 Å². The van der Waals surface area contributed by atoms with Crippen LogP contribution in [-0.4, -0.2) is 14.7 Å². The number of rotatable bonds is 7. The molecule has 1 aromatic heterocycles. The van der Waals surface area contributed by atoms with E-state index >= 15 is 0 Å². The van der Waals surface area contributed by atoms with Gasteiger partial charge in [-0.15, -0.1) is 0 Å². The van der Waals surface area contributed by atoms with Crippen molar-refractivity contribution in [2.75, 3.05) is 0 Å². The second-order valence-corrected chi connectivity index (χ2v) is 7.97.